The summed E-state index contributed by atoms with van der Waals surface area (Å²) in [7, 11) is 0. The molecule has 0 aliphatic carbocycles. The quantitative estimate of drug-likeness (QED) is 0.473. The van der Waals surface area contributed by atoms with Crippen molar-refractivity contribution < 1.29 is 14.4 Å². The third kappa shape index (κ3) is 2.83. The van der Waals surface area contributed by atoms with Crippen LogP contribution in [-0.2, 0) is 4.84 Å². The van der Waals surface area contributed by atoms with Crippen LogP contribution in [0.15, 0.2) is 24.3 Å². The second-order valence-corrected chi connectivity index (χ2v) is 4.09. The van der Waals surface area contributed by atoms with Gasteiger partial charge in [0.15, 0.2) is 0 Å². The smallest absolute Gasteiger partial charge is 0.266 e. The van der Waals surface area contributed by atoms with Gasteiger partial charge >= 0.3 is 0 Å². The Balaban J connectivity index is 1.90. The lowest BCUT2D eigenvalue weighted by Gasteiger charge is -2.12. The summed E-state index contributed by atoms with van der Waals surface area (Å²) in [6.07, 6.45) is 2.23. The third-order valence-electron chi connectivity index (χ3n) is 2.73. The van der Waals surface area contributed by atoms with E-state index in [9.17, 15) is 9.59 Å². The number of nitrogens with zero attached hydrogens (tertiary/aromatic N) is 1. The maximum Gasteiger partial charge on any atom is 0.285 e. The van der Waals surface area contributed by atoms with Crippen molar-refractivity contribution in [1.29, 1.82) is 0 Å². The van der Waals surface area contributed by atoms with Gasteiger partial charge in [0.1, 0.15) is 0 Å². The molecule has 0 radical (unpaired) electrons. The molecule has 0 aromatic heterocycles. The monoisotopic (exact) mass is 257 g/mol. The molecule has 0 saturated carbocycles. The van der Waals surface area contributed by atoms with Crippen molar-refractivity contribution in [1.82, 2.24) is 5.06 Å². The summed E-state index contributed by atoms with van der Waals surface area (Å²) in [5.41, 5.74) is 0.802. The number of unbranched alkanes of at least 4 members (excludes halogenated alkanes) is 1. The zero-order valence-electron chi connectivity index (χ0n) is 10.8. The van der Waals surface area contributed by atoms with Crippen LogP contribution in [0.1, 0.15) is 46.9 Å². The molecule has 4 heteroatoms. The van der Waals surface area contributed by atoms with Crippen LogP contribution in [0.3, 0.4) is 0 Å². The summed E-state index contributed by atoms with van der Waals surface area (Å²) in [4.78, 5) is 29.1. The summed E-state index contributed by atoms with van der Waals surface area (Å²) in [5, 5.41) is 0.845. The molecular formula is C15H15NO3. The van der Waals surface area contributed by atoms with E-state index in [2.05, 4.69) is 11.8 Å². The van der Waals surface area contributed by atoms with Crippen LogP contribution in [-0.4, -0.2) is 23.5 Å². The predicted molar refractivity (Wildman–Crippen MR) is 70.2 cm³/mol. The maximum absolute atomic E-state index is 11.9. The topological polar surface area (TPSA) is 46.6 Å². The van der Waals surface area contributed by atoms with E-state index in [4.69, 9.17) is 4.84 Å². The van der Waals surface area contributed by atoms with Crippen LogP contribution in [0, 0.1) is 11.8 Å². The Morgan fingerprint density at radius 3 is 2.32 bits per heavy atom. The van der Waals surface area contributed by atoms with Crippen molar-refractivity contribution >= 4 is 11.8 Å². The standard InChI is InChI=1S/C15H15NO3/c1-2-3-4-5-8-11-19-16-14(17)12-9-6-7-10-13(12)15(16)18/h6-7,9-10H,2,5,8,11H2,1H3. The second kappa shape index (κ2) is 6.17. The molecule has 1 aromatic carbocycles. The lowest BCUT2D eigenvalue weighted by molar-refractivity contribution is -0.0916. The van der Waals surface area contributed by atoms with Gasteiger partial charge in [0.05, 0.1) is 17.7 Å². The molecule has 1 aliphatic heterocycles. The summed E-state index contributed by atoms with van der Waals surface area (Å²) >= 11 is 0. The molecule has 1 heterocycles. The highest BCUT2D eigenvalue weighted by Crippen LogP contribution is 2.22. The Labute approximate surface area is 112 Å². The highest BCUT2D eigenvalue weighted by atomic mass is 16.7. The Kier molecular flexibility index (Phi) is 4.32. The van der Waals surface area contributed by atoms with E-state index in [0.717, 1.165) is 11.5 Å². The zero-order chi connectivity index (χ0) is 13.7. The molecule has 19 heavy (non-hydrogen) atoms. The third-order valence-corrected chi connectivity index (χ3v) is 2.73. The second-order valence-electron chi connectivity index (χ2n) is 4.09. The molecule has 1 aliphatic rings. The number of fused-ring (bicyclic) bond motifs is 1. The number of carbonyl (C=O) groups is 2. The SMILES string of the molecule is CCC#CCCCON1C(=O)c2ccccc2C1=O. The summed E-state index contributed by atoms with van der Waals surface area (Å²) in [5.74, 6) is 5.16. The molecule has 0 atom stereocenters. The molecule has 1 aromatic rings. The van der Waals surface area contributed by atoms with Gasteiger partial charge in [0.25, 0.3) is 11.8 Å². The lowest BCUT2D eigenvalue weighted by atomic mass is 10.1. The molecule has 2 rings (SSSR count). The lowest BCUT2D eigenvalue weighted by Crippen LogP contribution is -2.30. The van der Waals surface area contributed by atoms with Crippen molar-refractivity contribution in [2.45, 2.75) is 26.2 Å². The summed E-state index contributed by atoms with van der Waals surface area (Å²) in [6.45, 7) is 2.30. The fraction of sp³-hybridized carbons (Fsp3) is 0.333. The highest BCUT2D eigenvalue weighted by molar-refractivity contribution is 6.20. The molecule has 0 unspecified atom stereocenters. The zero-order valence-corrected chi connectivity index (χ0v) is 10.8. The number of rotatable bonds is 4. The summed E-state index contributed by atoms with van der Waals surface area (Å²) in [6, 6.07) is 6.72. The number of amides is 2. The average Bonchev–Trinajstić information content (AvgIpc) is 2.68. The number of hydrogen-bond donors (Lipinski definition) is 0. The number of imide groups is 1. The van der Waals surface area contributed by atoms with Crippen molar-refractivity contribution in [2.24, 2.45) is 0 Å². The van der Waals surface area contributed by atoms with Crippen LogP contribution >= 0.6 is 0 Å². The van der Waals surface area contributed by atoms with Crippen molar-refractivity contribution in [3.63, 3.8) is 0 Å². The van der Waals surface area contributed by atoms with Gasteiger partial charge in [0, 0.05) is 12.8 Å². The Bertz CT molecular complexity index is 519. The van der Waals surface area contributed by atoms with Gasteiger partial charge < -0.3 is 0 Å². The van der Waals surface area contributed by atoms with E-state index in [-0.39, 0.29) is 11.8 Å². The molecule has 0 fully saturated rings. The molecular weight excluding hydrogens is 242 g/mol. The van der Waals surface area contributed by atoms with Gasteiger partial charge in [-0.3, -0.25) is 14.4 Å². The Hall–Kier alpha value is -2.12. The summed E-state index contributed by atoms with van der Waals surface area (Å²) < 4.78 is 0. The van der Waals surface area contributed by atoms with Crippen molar-refractivity contribution in [3.05, 3.63) is 35.4 Å². The highest BCUT2D eigenvalue weighted by Gasteiger charge is 2.36. The Morgan fingerprint density at radius 2 is 1.74 bits per heavy atom. The van der Waals surface area contributed by atoms with Crippen molar-refractivity contribution in [2.75, 3.05) is 6.61 Å². The van der Waals surface area contributed by atoms with Gasteiger partial charge in [0.2, 0.25) is 0 Å². The van der Waals surface area contributed by atoms with Gasteiger partial charge in [-0.1, -0.05) is 19.1 Å². The van der Waals surface area contributed by atoms with Gasteiger partial charge in [-0.25, -0.2) is 0 Å². The van der Waals surface area contributed by atoms with Gasteiger partial charge in [-0.15, -0.1) is 16.9 Å². The normalized spacial score (nSPS) is 13.2. The maximum atomic E-state index is 11.9. The first-order valence-corrected chi connectivity index (χ1v) is 6.32. The minimum Gasteiger partial charge on any atom is -0.266 e. The first-order valence-electron chi connectivity index (χ1n) is 6.32. The van der Waals surface area contributed by atoms with Crippen molar-refractivity contribution in [3.8, 4) is 11.8 Å². The van der Waals surface area contributed by atoms with Gasteiger partial charge in [-0.05, 0) is 18.6 Å². The first kappa shape index (κ1) is 13.3. The molecule has 0 spiro atoms. The largest absolute Gasteiger partial charge is 0.285 e. The van der Waals surface area contributed by atoms with E-state index in [0.29, 0.717) is 30.6 Å². The molecule has 0 saturated heterocycles. The molecule has 0 bridgehead atoms. The molecule has 98 valence electrons. The van der Waals surface area contributed by atoms with E-state index >= 15 is 0 Å². The van der Waals surface area contributed by atoms with E-state index in [1.807, 2.05) is 6.92 Å². The minimum atomic E-state index is -0.389. The number of benzene rings is 1. The number of hydrogen-bond acceptors (Lipinski definition) is 3. The fourth-order valence-corrected chi connectivity index (χ4v) is 1.81. The molecule has 4 nitrogen and oxygen atoms in total. The van der Waals surface area contributed by atoms with E-state index in [1.165, 1.54) is 0 Å². The fourth-order valence-electron chi connectivity index (χ4n) is 1.81. The Morgan fingerprint density at radius 1 is 1.11 bits per heavy atom. The van der Waals surface area contributed by atoms with Crippen LogP contribution < -0.4 is 0 Å². The van der Waals surface area contributed by atoms with Gasteiger partial charge in [-0.2, -0.15) is 0 Å². The predicted octanol–water partition coefficient (Wildman–Crippen LogP) is 2.41. The number of hydroxylamine groups is 2. The van der Waals surface area contributed by atoms with E-state index in [1.54, 1.807) is 24.3 Å². The molecule has 2 amide bonds. The first-order chi connectivity index (χ1) is 9.25. The van der Waals surface area contributed by atoms with Crippen LogP contribution in [0.25, 0.3) is 0 Å². The minimum absolute atomic E-state index is 0.309. The average molecular weight is 257 g/mol. The number of carbonyl (C=O) groups excluding carboxylic acids is 2. The van der Waals surface area contributed by atoms with Crippen LogP contribution in [0.4, 0.5) is 0 Å². The molecule has 0 N–H and O–H groups in total. The van der Waals surface area contributed by atoms with E-state index < -0.39 is 0 Å². The van der Waals surface area contributed by atoms with Crippen LogP contribution in [0.2, 0.25) is 0 Å². The van der Waals surface area contributed by atoms with Crippen LogP contribution in [0.5, 0.6) is 0 Å².